The van der Waals surface area contributed by atoms with E-state index in [4.69, 9.17) is 21.1 Å². The molecule has 2 aliphatic heterocycles. The van der Waals surface area contributed by atoms with Gasteiger partial charge in [-0.3, -0.25) is 14.7 Å². The van der Waals surface area contributed by atoms with Crippen molar-refractivity contribution in [1.82, 2.24) is 4.90 Å². The number of methoxy groups -OCH3 is 1. The summed E-state index contributed by atoms with van der Waals surface area (Å²) in [5.74, 6) is -2.34. The highest BCUT2D eigenvalue weighted by Crippen LogP contribution is 2.42. The van der Waals surface area contributed by atoms with Crippen molar-refractivity contribution in [3.8, 4) is 0 Å². The fraction of sp³-hybridized carbons (Fsp3) is 0.346. The molecule has 0 saturated carbocycles. The Morgan fingerprint density at radius 3 is 2.33 bits per heavy atom. The number of halogens is 1. The summed E-state index contributed by atoms with van der Waals surface area (Å²) >= 11 is 6.50. The van der Waals surface area contributed by atoms with Crippen molar-refractivity contribution in [2.24, 2.45) is 10.9 Å². The molecule has 0 fully saturated rings. The number of aliphatic imine (C=N–C) groups is 1. The third-order valence-electron chi connectivity index (χ3n) is 6.29. The number of nitrogens with zero attached hydrogens (tertiary/aromatic N) is 2. The van der Waals surface area contributed by atoms with Crippen molar-refractivity contribution in [1.29, 1.82) is 0 Å². The summed E-state index contributed by atoms with van der Waals surface area (Å²) in [6, 6.07) is 15.5. The molecule has 2 heterocycles. The van der Waals surface area contributed by atoms with Gasteiger partial charge in [-0.25, -0.2) is 4.79 Å². The molecule has 2 aromatic rings. The molecule has 2 aliphatic rings. The second-order valence-corrected chi connectivity index (χ2v) is 8.77. The predicted molar refractivity (Wildman–Crippen MR) is 127 cm³/mol. The van der Waals surface area contributed by atoms with Crippen LogP contribution in [0.3, 0.4) is 0 Å². The Labute approximate surface area is 198 Å². The second kappa shape index (κ2) is 9.89. The number of allylic oxidation sites excluding steroid dienone is 1. The Morgan fingerprint density at radius 2 is 1.70 bits per heavy atom. The first-order valence-corrected chi connectivity index (χ1v) is 11.3. The average Bonchev–Trinajstić information content (AvgIpc) is 3.21. The van der Waals surface area contributed by atoms with Crippen LogP contribution in [0.5, 0.6) is 0 Å². The first-order valence-electron chi connectivity index (χ1n) is 10.9. The van der Waals surface area contributed by atoms with E-state index in [-0.39, 0.29) is 6.61 Å². The molecule has 6 nitrogen and oxygen atoms in total. The molecule has 0 saturated heterocycles. The minimum absolute atomic E-state index is 0.241. The molecule has 0 aliphatic carbocycles. The zero-order valence-corrected chi connectivity index (χ0v) is 19.8. The topological polar surface area (TPSA) is 68.2 Å². The van der Waals surface area contributed by atoms with Gasteiger partial charge in [0.1, 0.15) is 12.5 Å². The normalized spacial score (nSPS) is 20.3. The number of hydrogen-bond acceptors (Lipinski definition) is 6. The SMILES string of the molecule is COC(=O)C1C(C)=NC(C)=C(C(=O)OCCN2Cc3ccccc3C2)C1c1ccccc1Cl. The van der Waals surface area contributed by atoms with Gasteiger partial charge in [0.15, 0.2) is 0 Å². The zero-order chi connectivity index (χ0) is 23.5. The van der Waals surface area contributed by atoms with Crippen LogP contribution in [0.25, 0.3) is 0 Å². The lowest BCUT2D eigenvalue weighted by Gasteiger charge is -2.31. The van der Waals surface area contributed by atoms with Crippen molar-refractivity contribution >= 4 is 29.3 Å². The zero-order valence-electron chi connectivity index (χ0n) is 19.0. The van der Waals surface area contributed by atoms with Gasteiger partial charge in [-0.2, -0.15) is 0 Å². The maximum atomic E-state index is 13.3. The molecular formula is C26H27ClN2O4. The van der Waals surface area contributed by atoms with E-state index in [1.807, 2.05) is 30.3 Å². The predicted octanol–water partition coefficient (Wildman–Crippen LogP) is 4.52. The standard InChI is InChI=1S/C26H27ClN2O4/c1-16-22(25(30)32-3)24(20-10-6-7-11-21(20)27)23(17(2)28-16)26(31)33-13-12-29-14-18-8-4-5-9-19(18)15-29/h4-11,22,24H,12-15H2,1-3H3. The van der Waals surface area contributed by atoms with Gasteiger partial charge in [0.05, 0.1) is 12.7 Å². The van der Waals surface area contributed by atoms with Gasteiger partial charge >= 0.3 is 11.9 Å². The molecule has 0 amide bonds. The largest absolute Gasteiger partial charge is 0.468 e. The van der Waals surface area contributed by atoms with Crippen LogP contribution >= 0.6 is 11.6 Å². The van der Waals surface area contributed by atoms with E-state index in [9.17, 15) is 9.59 Å². The number of carbonyl (C=O) groups excluding carboxylic acids is 2. The Bertz CT molecular complexity index is 1120. The summed E-state index contributed by atoms with van der Waals surface area (Å²) in [5, 5.41) is 0.471. The van der Waals surface area contributed by atoms with Crippen molar-refractivity contribution in [2.75, 3.05) is 20.3 Å². The summed E-state index contributed by atoms with van der Waals surface area (Å²) in [4.78, 5) is 32.7. The molecule has 7 heteroatoms. The Balaban J connectivity index is 1.54. The molecule has 172 valence electrons. The quantitative estimate of drug-likeness (QED) is 0.585. The summed E-state index contributed by atoms with van der Waals surface area (Å²) < 4.78 is 10.7. The van der Waals surface area contributed by atoms with Crippen LogP contribution in [0.1, 0.15) is 36.5 Å². The van der Waals surface area contributed by atoms with Crippen molar-refractivity contribution in [3.63, 3.8) is 0 Å². The van der Waals surface area contributed by atoms with Gasteiger partial charge < -0.3 is 9.47 Å². The second-order valence-electron chi connectivity index (χ2n) is 8.37. The van der Waals surface area contributed by atoms with Crippen LogP contribution < -0.4 is 0 Å². The van der Waals surface area contributed by atoms with Crippen LogP contribution in [-0.2, 0) is 32.2 Å². The van der Waals surface area contributed by atoms with Crippen LogP contribution in [-0.4, -0.2) is 42.8 Å². The van der Waals surface area contributed by atoms with Gasteiger partial charge in [0, 0.05) is 42.0 Å². The van der Waals surface area contributed by atoms with E-state index in [1.165, 1.54) is 18.2 Å². The van der Waals surface area contributed by atoms with Gasteiger partial charge in [-0.1, -0.05) is 54.1 Å². The summed E-state index contributed by atoms with van der Waals surface area (Å²) in [6.07, 6.45) is 0. The van der Waals surface area contributed by atoms with E-state index in [0.29, 0.717) is 34.1 Å². The summed E-state index contributed by atoms with van der Waals surface area (Å²) in [6.45, 7) is 6.06. The lowest BCUT2D eigenvalue weighted by atomic mass is 9.75. The number of esters is 2. The smallest absolute Gasteiger partial charge is 0.336 e. The highest BCUT2D eigenvalue weighted by atomic mass is 35.5. The fourth-order valence-electron chi connectivity index (χ4n) is 4.70. The molecule has 2 atom stereocenters. The first-order chi connectivity index (χ1) is 15.9. The van der Waals surface area contributed by atoms with Crippen molar-refractivity contribution in [2.45, 2.75) is 32.9 Å². The fourth-order valence-corrected chi connectivity index (χ4v) is 4.96. The van der Waals surface area contributed by atoms with Gasteiger partial charge in [-0.15, -0.1) is 0 Å². The van der Waals surface area contributed by atoms with Crippen LogP contribution in [0, 0.1) is 5.92 Å². The van der Waals surface area contributed by atoms with Crippen LogP contribution in [0.4, 0.5) is 0 Å². The van der Waals surface area contributed by atoms with E-state index in [1.54, 1.807) is 19.9 Å². The molecule has 2 aromatic carbocycles. The van der Waals surface area contributed by atoms with Crippen molar-refractivity contribution in [3.05, 3.63) is 81.5 Å². The molecule has 33 heavy (non-hydrogen) atoms. The number of carbonyl (C=O) groups is 2. The third kappa shape index (κ3) is 4.72. The lowest BCUT2D eigenvalue weighted by Crippen LogP contribution is -2.36. The minimum Gasteiger partial charge on any atom is -0.468 e. The van der Waals surface area contributed by atoms with Crippen LogP contribution in [0.15, 0.2) is 64.8 Å². The number of fused-ring (bicyclic) bond motifs is 1. The molecule has 0 radical (unpaired) electrons. The number of rotatable bonds is 6. The number of ether oxygens (including phenoxy) is 2. The van der Waals surface area contributed by atoms with Gasteiger partial charge in [-0.05, 0) is 36.6 Å². The maximum Gasteiger partial charge on any atom is 0.336 e. The van der Waals surface area contributed by atoms with E-state index in [0.717, 1.165) is 13.1 Å². The average molecular weight is 467 g/mol. The molecule has 4 rings (SSSR count). The minimum atomic E-state index is -0.755. The van der Waals surface area contributed by atoms with E-state index >= 15 is 0 Å². The molecular weight excluding hydrogens is 440 g/mol. The molecule has 0 spiro atoms. The van der Waals surface area contributed by atoms with Crippen molar-refractivity contribution < 1.29 is 19.1 Å². The van der Waals surface area contributed by atoms with E-state index in [2.05, 4.69) is 22.0 Å². The Hall–Kier alpha value is -2.96. The molecule has 0 bridgehead atoms. The Morgan fingerprint density at radius 1 is 1.06 bits per heavy atom. The van der Waals surface area contributed by atoms with E-state index < -0.39 is 23.8 Å². The third-order valence-corrected chi connectivity index (χ3v) is 6.63. The number of benzene rings is 2. The van der Waals surface area contributed by atoms with Crippen LogP contribution in [0.2, 0.25) is 5.02 Å². The Kier molecular flexibility index (Phi) is 6.96. The molecule has 2 unspecified atom stereocenters. The highest BCUT2D eigenvalue weighted by Gasteiger charge is 2.43. The molecule has 0 aromatic heterocycles. The maximum absolute atomic E-state index is 13.3. The molecule has 0 N–H and O–H groups in total. The highest BCUT2D eigenvalue weighted by molar-refractivity contribution is 6.31. The number of hydrogen-bond donors (Lipinski definition) is 0. The summed E-state index contributed by atoms with van der Waals surface area (Å²) in [5.41, 5.74) is 4.73. The lowest BCUT2D eigenvalue weighted by molar-refractivity contribution is -0.144. The van der Waals surface area contributed by atoms with Gasteiger partial charge in [0.2, 0.25) is 0 Å². The monoisotopic (exact) mass is 466 g/mol. The first kappa shape index (κ1) is 23.2. The summed E-state index contributed by atoms with van der Waals surface area (Å²) in [7, 11) is 1.33. The van der Waals surface area contributed by atoms with Gasteiger partial charge in [0.25, 0.3) is 0 Å².